The summed E-state index contributed by atoms with van der Waals surface area (Å²) in [5.41, 5.74) is 0.210. The van der Waals surface area contributed by atoms with Crippen molar-refractivity contribution in [3.05, 3.63) is 48.3 Å². The van der Waals surface area contributed by atoms with Crippen molar-refractivity contribution in [3.8, 4) is 11.8 Å². The first-order chi connectivity index (χ1) is 13.8. The van der Waals surface area contributed by atoms with Gasteiger partial charge in [-0.15, -0.1) is 16.8 Å². The molecule has 0 radical (unpaired) electrons. The molecule has 0 spiro atoms. The third kappa shape index (κ3) is 6.09. The van der Waals surface area contributed by atoms with Crippen LogP contribution in [0.2, 0.25) is 0 Å². The number of carbonyl (C=O) groups is 1. The van der Waals surface area contributed by atoms with Gasteiger partial charge in [-0.25, -0.2) is 0 Å². The molecule has 0 aliphatic rings. The SMILES string of the molecule is C=CCn1c(COc2cccc(C)c2)nnc1SCC(=O)N[C@](C)(C#N)C(C)C. The Morgan fingerprint density at radius 1 is 1.48 bits per heavy atom. The summed E-state index contributed by atoms with van der Waals surface area (Å²) in [5, 5.41) is 21.2. The minimum atomic E-state index is -0.904. The van der Waals surface area contributed by atoms with Crippen LogP contribution in [0.4, 0.5) is 0 Å². The number of hydrogen-bond acceptors (Lipinski definition) is 6. The van der Waals surface area contributed by atoms with Crippen LogP contribution in [0.3, 0.4) is 0 Å². The number of nitrogens with one attached hydrogen (secondary N) is 1. The lowest BCUT2D eigenvalue weighted by atomic mass is 9.90. The quantitative estimate of drug-likeness (QED) is 0.473. The highest BCUT2D eigenvalue weighted by Gasteiger charge is 2.30. The van der Waals surface area contributed by atoms with Gasteiger partial charge in [-0.1, -0.05) is 43.8 Å². The summed E-state index contributed by atoms with van der Waals surface area (Å²) in [6, 6.07) is 9.96. The predicted molar refractivity (Wildman–Crippen MR) is 113 cm³/mol. The maximum absolute atomic E-state index is 12.3. The van der Waals surface area contributed by atoms with Crippen molar-refractivity contribution in [3.63, 3.8) is 0 Å². The monoisotopic (exact) mass is 413 g/mol. The van der Waals surface area contributed by atoms with Gasteiger partial charge in [0.05, 0.1) is 11.8 Å². The van der Waals surface area contributed by atoms with Crippen molar-refractivity contribution < 1.29 is 9.53 Å². The fourth-order valence-corrected chi connectivity index (χ4v) is 3.22. The fourth-order valence-electron chi connectivity index (χ4n) is 2.46. The van der Waals surface area contributed by atoms with Crippen LogP contribution in [0.25, 0.3) is 0 Å². The summed E-state index contributed by atoms with van der Waals surface area (Å²) < 4.78 is 7.69. The summed E-state index contributed by atoms with van der Waals surface area (Å²) in [7, 11) is 0. The van der Waals surface area contributed by atoms with Crippen molar-refractivity contribution >= 4 is 17.7 Å². The minimum Gasteiger partial charge on any atom is -0.486 e. The van der Waals surface area contributed by atoms with E-state index in [1.165, 1.54) is 11.8 Å². The fraction of sp³-hybridized carbons (Fsp3) is 0.429. The first-order valence-electron chi connectivity index (χ1n) is 9.36. The summed E-state index contributed by atoms with van der Waals surface area (Å²) >= 11 is 1.27. The molecule has 7 nitrogen and oxygen atoms in total. The first kappa shape index (κ1) is 22.5. The van der Waals surface area contributed by atoms with Gasteiger partial charge in [-0.3, -0.25) is 9.36 Å². The molecule has 1 aromatic heterocycles. The largest absolute Gasteiger partial charge is 0.486 e. The Balaban J connectivity index is 2.03. The molecule has 0 fully saturated rings. The van der Waals surface area contributed by atoms with Crippen LogP contribution in [-0.2, 0) is 17.9 Å². The Hall–Kier alpha value is -2.79. The standard InChI is InChI=1S/C21H27N5O2S/c1-6-10-26-18(12-28-17-9-7-8-16(4)11-17)24-25-20(26)29-13-19(27)23-21(5,14-22)15(2)3/h6-9,11,15H,1,10,12-13H2,2-5H3,(H,23,27)/t21-/m1/s1. The number of aromatic nitrogens is 3. The molecule has 1 N–H and O–H groups in total. The Morgan fingerprint density at radius 3 is 2.86 bits per heavy atom. The van der Waals surface area contributed by atoms with E-state index in [-0.39, 0.29) is 24.2 Å². The molecule has 1 amide bonds. The van der Waals surface area contributed by atoms with Crippen LogP contribution in [0, 0.1) is 24.2 Å². The van der Waals surface area contributed by atoms with Crippen molar-refractivity contribution in [2.24, 2.45) is 5.92 Å². The van der Waals surface area contributed by atoms with E-state index in [1.807, 2.05) is 49.6 Å². The van der Waals surface area contributed by atoms with E-state index < -0.39 is 5.54 Å². The number of thioether (sulfide) groups is 1. The maximum Gasteiger partial charge on any atom is 0.231 e. The van der Waals surface area contributed by atoms with Gasteiger partial charge in [0.25, 0.3) is 0 Å². The van der Waals surface area contributed by atoms with E-state index in [0.29, 0.717) is 17.5 Å². The Morgan fingerprint density at radius 2 is 2.24 bits per heavy atom. The summed E-state index contributed by atoms with van der Waals surface area (Å²) in [4.78, 5) is 12.3. The summed E-state index contributed by atoms with van der Waals surface area (Å²) in [6.07, 6.45) is 1.75. The molecule has 1 atom stereocenters. The molecule has 0 aliphatic heterocycles. The van der Waals surface area contributed by atoms with Gasteiger partial charge in [0.1, 0.15) is 17.9 Å². The molecule has 0 unspecified atom stereocenters. The second-order valence-corrected chi connectivity index (χ2v) is 8.15. The molecule has 154 valence electrons. The second kappa shape index (κ2) is 10.1. The van der Waals surface area contributed by atoms with Gasteiger partial charge in [-0.2, -0.15) is 5.26 Å². The number of nitrogens with zero attached hydrogens (tertiary/aromatic N) is 4. The van der Waals surface area contributed by atoms with E-state index in [4.69, 9.17) is 4.74 Å². The molecule has 0 bridgehead atoms. The molecule has 0 saturated heterocycles. The van der Waals surface area contributed by atoms with Crippen LogP contribution in [0.15, 0.2) is 42.1 Å². The highest BCUT2D eigenvalue weighted by molar-refractivity contribution is 7.99. The lowest BCUT2D eigenvalue weighted by molar-refractivity contribution is -0.120. The molecule has 0 aliphatic carbocycles. The highest BCUT2D eigenvalue weighted by Crippen LogP contribution is 2.20. The molecular formula is C21H27N5O2S. The van der Waals surface area contributed by atoms with Crippen molar-refractivity contribution in [2.45, 2.75) is 51.5 Å². The number of allylic oxidation sites excluding steroid dienone is 1. The zero-order valence-corrected chi connectivity index (χ0v) is 18.1. The number of nitriles is 1. The highest BCUT2D eigenvalue weighted by atomic mass is 32.2. The van der Waals surface area contributed by atoms with Gasteiger partial charge in [-0.05, 0) is 37.5 Å². The van der Waals surface area contributed by atoms with E-state index in [0.717, 1.165) is 11.3 Å². The number of aryl methyl sites for hydroxylation is 1. The molecule has 0 saturated carbocycles. The smallest absolute Gasteiger partial charge is 0.231 e. The number of amides is 1. The van der Waals surface area contributed by atoms with Gasteiger partial charge in [0, 0.05) is 6.54 Å². The topological polar surface area (TPSA) is 92.8 Å². The van der Waals surface area contributed by atoms with E-state index >= 15 is 0 Å². The average Bonchev–Trinajstić information content (AvgIpc) is 3.06. The summed E-state index contributed by atoms with van der Waals surface area (Å²) in [6.45, 7) is 12.1. The number of carbonyl (C=O) groups excluding carboxylic acids is 1. The molecule has 2 aromatic rings. The summed E-state index contributed by atoms with van der Waals surface area (Å²) in [5.74, 6) is 1.32. The third-order valence-corrected chi connectivity index (χ3v) is 5.55. The lowest BCUT2D eigenvalue weighted by Crippen LogP contribution is -2.49. The van der Waals surface area contributed by atoms with Crippen LogP contribution in [0.5, 0.6) is 5.75 Å². The van der Waals surface area contributed by atoms with Gasteiger partial charge in [0.15, 0.2) is 11.0 Å². The molecule has 8 heteroatoms. The number of hydrogen-bond donors (Lipinski definition) is 1. The van der Waals surface area contributed by atoms with Gasteiger partial charge >= 0.3 is 0 Å². The Bertz CT molecular complexity index is 903. The zero-order valence-electron chi connectivity index (χ0n) is 17.3. The van der Waals surface area contributed by atoms with Gasteiger partial charge in [0.2, 0.25) is 5.91 Å². The van der Waals surface area contributed by atoms with Crippen LogP contribution in [-0.4, -0.2) is 32.0 Å². The molecular weight excluding hydrogens is 386 g/mol. The zero-order chi connectivity index (χ0) is 21.4. The molecule has 29 heavy (non-hydrogen) atoms. The van der Waals surface area contributed by atoms with Crippen LogP contribution in [0.1, 0.15) is 32.2 Å². The predicted octanol–water partition coefficient (Wildman–Crippen LogP) is 3.50. The van der Waals surface area contributed by atoms with Crippen molar-refractivity contribution in [1.29, 1.82) is 5.26 Å². The minimum absolute atomic E-state index is 0.00348. The number of benzene rings is 1. The van der Waals surface area contributed by atoms with Crippen molar-refractivity contribution in [1.82, 2.24) is 20.1 Å². The van der Waals surface area contributed by atoms with Gasteiger partial charge < -0.3 is 10.1 Å². The van der Waals surface area contributed by atoms with Crippen molar-refractivity contribution in [2.75, 3.05) is 5.75 Å². The molecule has 2 rings (SSSR count). The molecule has 1 aromatic carbocycles. The number of rotatable bonds is 10. The number of ether oxygens (including phenoxy) is 1. The van der Waals surface area contributed by atoms with E-state index in [9.17, 15) is 10.1 Å². The Kier molecular flexibility index (Phi) is 7.85. The second-order valence-electron chi connectivity index (χ2n) is 7.21. The third-order valence-electron chi connectivity index (χ3n) is 4.58. The van der Waals surface area contributed by atoms with E-state index in [2.05, 4.69) is 28.2 Å². The first-order valence-corrected chi connectivity index (χ1v) is 10.3. The Labute approximate surface area is 176 Å². The lowest BCUT2D eigenvalue weighted by Gasteiger charge is -2.27. The average molecular weight is 414 g/mol. The normalized spacial score (nSPS) is 12.8. The van der Waals surface area contributed by atoms with Crippen LogP contribution >= 0.6 is 11.8 Å². The maximum atomic E-state index is 12.3. The van der Waals surface area contributed by atoms with Crippen LogP contribution < -0.4 is 10.1 Å². The van der Waals surface area contributed by atoms with E-state index in [1.54, 1.807) is 13.0 Å². The molecule has 1 heterocycles.